The van der Waals surface area contributed by atoms with Crippen LogP contribution in [0.15, 0.2) is 18.2 Å². The van der Waals surface area contributed by atoms with Crippen LogP contribution >= 0.6 is 0 Å². The van der Waals surface area contributed by atoms with Gasteiger partial charge >= 0.3 is 0 Å². The molecule has 3 rings (SSSR count). The number of hydrogen-bond acceptors (Lipinski definition) is 5. The summed E-state index contributed by atoms with van der Waals surface area (Å²) in [5.74, 6) is -0.131. The van der Waals surface area contributed by atoms with Crippen molar-refractivity contribution < 1.29 is 22.7 Å². The van der Waals surface area contributed by atoms with E-state index in [0.717, 1.165) is 31.2 Å². The monoisotopic (exact) mass is 438 g/mol. The van der Waals surface area contributed by atoms with Crippen LogP contribution in [0.2, 0.25) is 0 Å². The Bertz CT molecular complexity index is 866. The molecule has 7 nitrogen and oxygen atoms in total. The van der Waals surface area contributed by atoms with E-state index in [4.69, 9.17) is 9.47 Å². The average Bonchev–Trinajstić information content (AvgIpc) is 3.31. The van der Waals surface area contributed by atoms with Gasteiger partial charge in [0, 0.05) is 23.6 Å². The summed E-state index contributed by atoms with van der Waals surface area (Å²) in [7, 11) is -3.33. The molecular formula is C22H34N2O5S. The highest BCUT2D eigenvalue weighted by molar-refractivity contribution is 7.92. The minimum absolute atomic E-state index is 0.0468. The Morgan fingerprint density at radius 3 is 2.60 bits per heavy atom. The standard InChI is InChI=1S/C22H34N2O5S/c1-5-9-22(3,21-28-12-13-29-21)10-6-11-23-20(25)17-7-8-19-18(15-17)14-16(2)24(19)30(4,26)27/h7-8,15-16,21H,5-6,9-14H2,1-4H3,(H,23,25)/t16-,22+/m0/s1. The molecule has 0 aliphatic carbocycles. The van der Waals surface area contributed by atoms with E-state index in [1.165, 1.54) is 10.6 Å². The summed E-state index contributed by atoms with van der Waals surface area (Å²) in [6.45, 7) is 8.11. The van der Waals surface area contributed by atoms with Gasteiger partial charge in [-0.05, 0) is 56.4 Å². The molecule has 0 radical (unpaired) electrons. The largest absolute Gasteiger partial charge is 0.352 e. The molecule has 2 aliphatic heterocycles. The molecule has 2 heterocycles. The smallest absolute Gasteiger partial charge is 0.251 e. The van der Waals surface area contributed by atoms with Crippen molar-refractivity contribution in [2.24, 2.45) is 5.41 Å². The van der Waals surface area contributed by atoms with Crippen LogP contribution in [-0.2, 0) is 25.9 Å². The van der Waals surface area contributed by atoms with Crippen LogP contribution in [-0.4, -0.2) is 52.7 Å². The van der Waals surface area contributed by atoms with Crippen molar-refractivity contribution in [3.8, 4) is 0 Å². The number of nitrogens with one attached hydrogen (secondary N) is 1. The van der Waals surface area contributed by atoms with Gasteiger partial charge in [0.05, 0.1) is 25.2 Å². The Balaban J connectivity index is 1.56. The van der Waals surface area contributed by atoms with Gasteiger partial charge in [-0.2, -0.15) is 0 Å². The lowest BCUT2D eigenvalue weighted by Crippen LogP contribution is -2.34. The van der Waals surface area contributed by atoms with E-state index < -0.39 is 10.0 Å². The molecule has 1 fully saturated rings. The average molecular weight is 439 g/mol. The summed E-state index contributed by atoms with van der Waals surface area (Å²) in [6.07, 6.45) is 5.50. The molecule has 1 saturated heterocycles. The number of carbonyl (C=O) groups excluding carboxylic acids is 1. The third-order valence-corrected chi connectivity index (χ3v) is 7.35. The van der Waals surface area contributed by atoms with Crippen LogP contribution in [0.5, 0.6) is 0 Å². The maximum absolute atomic E-state index is 12.6. The summed E-state index contributed by atoms with van der Waals surface area (Å²) in [5.41, 5.74) is 2.09. The number of anilines is 1. The van der Waals surface area contributed by atoms with Gasteiger partial charge in [-0.1, -0.05) is 20.3 Å². The number of benzene rings is 1. The van der Waals surface area contributed by atoms with E-state index in [9.17, 15) is 13.2 Å². The molecule has 0 bridgehead atoms. The number of nitrogens with zero attached hydrogens (tertiary/aromatic N) is 1. The summed E-state index contributed by atoms with van der Waals surface area (Å²) in [4.78, 5) is 12.6. The summed E-state index contributed by atoms with van der Waals surface area (Å²) >= 11 is 0. The Labute approximate surface area is 180 Å². The molecule has 1 amide bonds. The number of sulfonamides is 1. The fraction of sp³-hybridized carbons (Fsp3) is 0.682. The molecular weight excluding hydrogens is 404 g/mol. The van der Waals surface area contributed by atoms with E-state index in [-0.39, 0.29) is 23.7 Å². The Kier molecular flexibility index (Phi) is 7.09. The minimum Gasteiger partial charge on any atom is -0.352 e. The van der Waals surface area contributed by atoms with Gasteiger partial charge in [0.1, 0.15) is 0 Å². The van der Waals surface area contributed by atoms with Gasteiger partial charge in [-0.25, -0.2) is 8.42 Å². The third-order valence-electron chi connectivity index (χ3n) is 6.07. The molecule has 0 aromatic heterocycles. The highest BCUT2D eigenvalue weighted by Gasteiger charge is 2.37. The van der Waals surface area contributed by atoms with E-state index >= 15 is 0 Å². The lowest BCUT2D eigenvalue weighted by molar-refractivity contribution is -0.133. The van der Waals surface area contributed by atoms with Crippen LogP contribution in [0.25, 0.3) is 0 Å². The molecule has 0 saturated carbocycles. The fourth-order valence-electron chi connectivity index (χ4n) is 4.74. The topological polar surface area (TPSA) is 84.9 Å². The number of hydrogen-bond donors (Lipinski definition) is 1. The number of amides is 1. The van der Waals surface area contributed by atoms with Gasteiger partial charge in [0.15, 0.2) is 6.29 Å². The quantitative estimate of drug-likeness (QED) is 0.599. The zero-order valence-electron chi connectivity index (χ0n) is 18.4. The molecule has 2 aliphatic rings. The zero-order valence-corrected chi connectivity index (χ0v) is 19.3. The van der Waals surface area contributed by atoms with E-state index in [1.807, 2.05) is 13.0 Å². The predicted molar refractivity (Wildman–Crippen MR) is 117 cm³/mol. The number of ether oxygens (including phenoxy) is 2. The summed E-state index contributed by atoms with van der Waals surface area (Å²) in [5, 5.41) is 3.00. The zero-order chi connectivity index (χ0) is 21.9. The van der Waals surface area contributed by atoms with Crippen LogP contribution in [0.4, 0.5) is 5.69 Å². The maximum Gasteiger partial charge on any atom is 0.251 e. The van der Waals surface area contributed by atoms with Gasteiger partial charge in [0.2, 0.25) is 10.0 Å². The lowest BCUT2D eigenvalue weighted by Gasteiger charge is -2.34. The number of carbonyl (C=O) groups is 1. The van der Waals surface area contributed by atoms with Gasteiger partial charge < -0.3 is 14.8 Å². The first-order valence-electron chi connectivity index (χ1n) is 10.8. The minimum atomic E-state index is -3.33. The summed E-state index contributed by atoms with van der Waals surface area (Å²) in [6, 6.07) is 5.12. The van der Waals surface area contributed by atoms with E-state index in [2.05, 4.69) is 19.2 Å². The van der Waals surface area contributed by atoms with Crippen molar-refractivity contribution in [1.82, 2.24) is 5.32 Å². The van der Waals surface area contributed by atoms with Crippen molar-refractivity contribution in [1.29, 1.82) is 0 Å². The normalized spacial score (nSPS) is 21.5. The molecule has 8 heteroatoms. The van der Waals surface area contributed by atoms with Crippen molar-refractivity contribution in [2.45, 2.75) is 65.2 Å². The fourth-order valence-corrected chi connectivity index (χ4v) is 6.00. The van der Waals surface area contributed by atoms with Gasteiger partial charge in [0.25, 0.3) is 5.91 Å². The first-order valence-corrected chi connectivity index (χ1v) is 12.6. The highest BCUT2D eigenvalue weighted by Crippen LogP contribution is 2.37. The van der Waals surface area contributed by atoms with Crippen LogP contribution < -0.4 is 9.62 Å². The van der Waals surface area contributed by atoms with Gasteiger partial charge in [-0.15, -0.1) is 0 Å². The highest BCUT2D eigenvalue weighted by atomic mass is 32.2. The van der Waals surface area contributed by atoms with Crippen molar-refractivity contribution >= 4 is 21.6 Å². The molecule has 1 aromatic rings. The molecule has 1 N–H and O–H groups in total. The summed E-state index contributed by atoms with van der Waals surface area (Å²) < 4.78 is 37.0. The second kappa shape index (κ2) is 9.24. The second-order valence-electron chi connectivity index (χ2n) is 8.79. The Morgan fingerprint density at radius 2 is 1.97 bits per heavy atom. The molecule has 30 heavy (non-hydrogen) atoms. The molecule has 0 spiro atoms. The van der Waals surface area contributed by atoms with Crippen molar-refractivity contribution in [3.05, 3.63) is 29.3 Å². The van der Waals surface area contributed by atoms with Crippen molar-refractivity contribution in [2.75, 3.05) is 30.3 Å². The number of fused-ring (bicyclic) bond motifs is 1. The first-order chi connectivity index (χ1) is 14.2. The van der Waals surface area contributed by atoms with Crippen LogP contribution in [0.3, 0.4) is 0 Å². The molecule has 1 aromatic carbocycles. The molecule has 2 atom stereocenters. The SMILES string of the molecule is CCC[C@](C)(CCCNC(=O)c1ccc2c(c1)C[C@H](C)N2S(C)(=O)=O)C1OCCO1. The molecule has 168 valence electrons. The maximum atomic E-state index is 12.6. The predicted octanol–water partition coefficient (Wildman–Crippen LogP) is 3.09. The Morgan fingerprint density at radius 1 is 1.27 bits per heavy atom. The van der Waals surface area contributed by atoms with Crippen molar-refractivity contribution in [3.63, 3.8) is 0 Å². The number of rotatable bonds is 9. The third kappa shape index (κ3) is 4.98. The first kappa shape index (κ1) is 23.0. The lowest BCUT2D eigenvalue weighted by atomic mass is 9.80. The Hall–Kier alpha value is -1.64. The second-order valence-corrected chi connectivity index (χ2v) is 10.7. The molecule has 0 unspecified atom stereocenters. The van der Waals surface area contributed by atoms with E-state index in [0.29, 0.717) is 37.4 Å². The van der Waals surface area contributed by atoms with E-state index in [1.54, 1.807) is 12.1 Å². The van der Waals surface area contributed by atoms with Crippen LogP contribution in [0.1, 0.15) is 62.4 Å². The van der Waals surface area contributed by atoms with Crippen LogP contribution in [0, 0.1) is 5.41 Å². The van der Waals surface area contributed by atoms with Gasteiger partial charge in [-0.3, -0.25) is 9.10 Å².